The van der Waals surface area contributed by atoms with Gasteiger partial charge in [-0.1, -0.05) is 30.3 Å². The molecule has 0 aliphatic heterocycles. The number of hydrogen-bond acceptors (Lipinski definition) is 3. The normalized spacial score (nSPS) is 10.5. The number of anilines is 1. The summed E-state index contributed by atoms with van der Waals surface area (Å²) < 4.78 is 0. The molecule has 3 aromatic rings. The van der Waals surface area contributed by atoms with Crippen LogP contribution in [0.1, 0.15) is 21.5 Å². The molecule has 0 aliphatic carbocycles. The van der Waals surface area contributed by atoms with E-state index >= 15 is 0 Å². The smallest absolute Gasteiger partial charge is 0.255 e. The molecular weight excluding hydrogens is 300 g/mol. The monoisotopic (exact) mass is 318 g/mol. The maximum atomic E-state index is 12.3. The predicted octanol–water partition coefficient (Wildman–Crippen LogP) is 2.83. The van der Waals surface area contributed by atoms with Gasteiger partial charge in [0.05, 0.1) is 0 Å². The van der Waals surface area contributed by atoms with Gasteiger partial charge in [-0.2, -0.15) is 0 Å². The molecule has 5 nitrogen and oxygen atoms in total. The van der Waals surface area contributed by atoms with Gasteiger partial charge in [-0.05, 0) is 46.7 Å². The summed E-state index contributed by atoms with van der Waals surface area (Å²) in [6.45, 7) is 0.453. The lowest BCUT2D eigenvalue weighted by Crippen LogP contribution is -2.12. The number of amides is 1. The van der Waals surface area contributed by atoms with Gasteiger partial charge >= 0.3 is 0 Å². The molecule has 5 heteroatoms. The highest BCUT2D eigenvalue weighted by molar-refractivity contribution is 6.05. The first-order chi connectivity index (χ1) is 11.6. The van der Waals surface area contributed by atoms with Crippen molar-refractivity contribution < 1.29 is 4.79 Å². The van der Waals surface area contributed by atoms with Gasteiger partial charge < -0.3 is 16.8 Å². The topological polar surface area (TPSA) is 105 Å². The summed E-state index contributed by atoms with van der Waals surface area (Å²) in [7, 11) is 0. The van der Waals surface area contributed by atoms with E-state index in [2.05, 4.69) is 5.32 Å². The number of carbonyl (C=O) groups is 1. The predicted molar refractivity (Wildman–Crippen MR) is 97.3 cm³/mol. The lowest BCUT2D eigenvalue weighted by Gasteiger charge is -2.08. The SMILES string of the molecule is N=C(N)c1ccc2cc(NC(=O)c3ccc(CN)cc3)ccc2c1. The molecule has 0 aliphatic rings. The molecule has 120 valence electrons. The van der Waals surface area contributed by atoms with Crippen molar-refractivity contribution in [1.82, 2.24) is 0 Å². The second kappa shape index (κ2) is 6.52. The Labute approximate surface area is 139 Å². The standard InChI is InChI=1S/C19H18N4O/c20-11-12-1-3-13(4-2-12)19(24)23-17-8-7-14-9-16(18(21)22)6-5-15(14)10-17/h1-10H,11,20H2,(H3,21,22)(H,23,24). The Morgan fingerprint density at radius 2 is 1.54 bits per heavy atom. The molecule has 1 amide bonds. The molecule has 0 fully saturated rings. The van der Waals surface area contributed by atoms with E-state index in [-0.39, 0.29) is 11.7 Å². The zero-order valence-corrected chi connectivity index (χ0v) is 13.0. The first-order valence-corrected chi connectivity index (χ1v) is 7.55. The van der Waals surface area contributed by atoms with Crippen molar-refractivity contribution in [3.8, 4) is 0 Å². The quantitative estimate of drug-likeness (QED) is 0.439. The number of benzene rings is 3. The van der Waals surface area contributed by atoms with Gasteiger partial charge in [-0.3, -0.25) is 10.2 Å². The number of fused-ring (bicyclic) bond motifs is 1. The van der Waals surface area contributed by atoms with E-state index in [1.165, 1.54) is 0 Å². The summed E-state index contributed by atoms with van der Waals surface area (Å²) in [6, 6.07) is 18.4. The summed E-state index contributed by atoms with van der Waals surface area (Å²) in [4.78, 5) is 12.3. The van der Waals surface area contributed by atoms with Crippen molar-refractivity contribution in [1.29, 1.82) is 5.41 Å². The van der Waals surface area contributed by atoms with Crippen LogP contribution in [0.15, 0.2) is 60.7 Å². The fourth-order valence-electron chi connectivity index (χ4n) is 2.49. The van der Waals surface area contributed by atoms with Crippen LogP contribution >= 0.6 is 0 Å². The minimum absolute atomic E-state index is 0.0372. The Hall–Kier alpha value is -3.18. The Kier molecular flexibility index (Phi) is 4.26. The minimum Gasteiger partial charge on any atom is -0.384 e. The summed E-state index contributed by atoms with van der Waals surface area (Å²) >= 11 is 0. The van der Waals surface area contributed by atoms with E-state index < -0.39 is 0 Å². The fraction of sp³-hybridized carbons (Fsp3) is 0.0526. The molecular formula is C19H18N4O. The van der Waals surface area contributed by atoms with Gasteiger partial charge in [0.2, 0.25) is 0 Å². The maximum absolute atomic E-state index is 12.3. The largest absolute Gasteiger partial charge is 0.384 e. The number of rotatable bonds is 4. The Bertz CT molecular complexity index is 916. The van der Waals surface area contributed by atoms with Crippen LogP contribution in [-0.2, 0) is 6.54 Å². The van der Waals surface area contributed by atoms with Crippen LogP contribution in [0.3, 0.4) is 0 Å². The molecule has 0 saturated carbocycles. The van der Waals surface area contributed by atoms with Crippen molar-refractivity contribution in [2.45, 2.75) is 6.54 Å². The van der Waals surface area contributed by atoms with Crippen LogP contribution in [0.2, 0.25) is 0 Å². The van der Waals surface area contributed by atoms with E-state index in [4.69, 9.17) is 16.9 Å². The van der Waals surface area contributed by atoms with E-state index in [1.54, 1.807) is 18.2 Å². The number of carbonyl (C=O) groups excluding carboxylic acids is 1. The van der Waals surface area contributed by atoms with Crippen molar-refractivity contribution >= 4 is 28.2 Å². The first kappa shape index (κ1) is 15.7. The van der Waals surface area contributed by atoms with Gasteiger partial charge in [0.15, 0.2) is 0 Å². The number of nitrogens with one attached hydrogen (secondary N) is 2. The first-order valence-electron chi connectivity index (χ1n) is 7.55. The van der Waals surface area contributed by atoms with Crippen LogP contribution in [0, 0.1) is 5.41 Å². The van der Waals surface area contributed by atoms with Gasteiger partial charge in [-0.25, -0.2) is 0 Å². The number of amidine groups is 1. The molecule has 0 atom stereocenters. The zero-order valence-electron chi connectivity index (χ0n) is 13.0. The van der Waals surface area contributed by atoms with E-state index in [0.29, 0.717) is 23.4 Å². The number of nitrogens with two attached hydrogens (primary N) is 2. The molecule has 3 aromatic carbocycles. The summed E-state index contributed by atoms with van der Waals surface area (Å²) in [5, 5.41) is 12.3. The van der Waals surface area contributed by atoms with Crippen LogP contribution in [0.25, 0.3) is 10.8 Å². The van der Waals surface area contributed by atoms with Crippen LogP contribution in [0.5, 0.6) is 0 Å². The molecule has 24 heavy (non-hydrogen) atoms. The lowest BCUT2D eigenvalue weighted by atomic mass is 10.1. The van der Waals surface area contributed by atoms with Gasteiger partial charge in [-0.15, -0.1) is 0 Å². The second-order valence-electron chi connectivity index (χ2n) is 5.55. The van der Waals surface area contributed by atoms with E-state index in [1.807, 2.05) is 42.5 Å². The van der Waals surface area contributed by atoms with Crippen LogP contribution in [0.4, 0.5) is 5.69 Å². The maximum Gasteiger partial charge on any atom is 0.255 e. The Morgan fingerprint density at radius 3 is 2.21 bits per heavy atom. The van der Waals surface area contributed by atoms with Crippen molar-refractivity contribution in [3.05, 3.63) is 77.4 Å². The van der Waals surface area contributed by atoms with Gasteiger partial charge in [0.25, 0.3) is 5.91 Å². The van der Waals surface area contributed by atoms with Crippen molar-refractivity contribution in [2.24, 2.45) is 11.5 Å². The van der Waals surface area contributed by atoms with Gasteiger partial charge in [0, 0.05) is 23.4 Å². The number of hydrogen-bond donors (Lipinski definition) is 4. The van der Waals surface area contributed by atoms with Crippen LogP contribution < -0.4 is 16.8 Å². The molecule has 0 spiro atoms. The Morgan fingerprint density at radius 1 is 0.917 bits per heavy atom. The molecule has 0 radical (unpaired) electrons. The molecule has 0 aromatic heterocycles. The third kappa shape index (κ3) is 3.26. The highest BCUT2D eigenvalue weighted by Gasteiger charge is 2.07. The van der Waals surface area contributed by atoms with Gasteiger partial charge in [0.1, 0.15) is 5.84 Å². The Balaban J connectivity index is 1.82. The van der Waals surface area contributed by atoms with Crippen molar-refractivity contribution in [2.75, 3.05) is 5.32 Å². The average Bonchev–Trinajstić information content (AvgIpc) is 2.61. The lowest BCUT2D eigenvalue weighted by molar-refractivity contribution is 0.102. The molecule has 0 unspecified atom stereocenters. The summed E-state index contributed by atoms with van der Waals surface area (Å²) in [5.41, 5.74) is 14.0. The van der Waals surface area contributed by atoms with E-state index in [9.17, 15) is 4.79 Å². The molecule has 6 N–H and O–H groups in total. The van der Waals surface area contributed by atoms with Crippen molar-refractivity contribution in [3.63, 3.8) is 0 Å². The molecule has 3 rings (SSSR count). The highest BCUT2D eigenvalue weighted by Crippen LogP contribution is 2.21. The van der Waals surface area contributed by atoms with Crippen LogP contribution in [-0.4, -0.2) is 11.7 Å². The minimum atomic E-state index is -0.168. The van der Waals surface area contributed by atoms with E-state index in [0.717, 1.165) is 16.3 Å². The fourth-order valence-corrected chi connectivity index (χ4v) is 2.49. The highest BCUT2D eigenvalue weighted by atomic mass is 16.1. The number of nitrogen functional groups attached to an aromatic ring is 1. The molecule has 0 saturated heterocycles. The zero-order chi connectivity index (χ0) is 17.1. The second-order valence-corrected chi connectivity index (χ2v) is 5.55. The third-order valence-electron chi connectivity index (χ3n) is 3.86. The average molecular weight is 318 g/mol. The third-order valence-corrected chi connectivity index (χ3v) is 3.86. The summed E-state index contributed by atoms with van der Waals surface area (Å²) in [6.07, 6.45) is 0. The summed E-state index contributed by atoms with van der Waals surface area (Å²) in [5.74, 6) is -0.131. The molecule has 0 heterocycles. The molecule has 0 bridgehead atoms.